The highest BCUT2D eigenvalue weighted by atomic mass is 16.5. The van der Waals surface area contributed by atoms with E-state index in [4.69, 9.17) is 4.74 Å². The first kappa shape index (κ1) is 10.4. The molecule has 2 rings (SSSR count). The number of aromatic nitrogens is 2. The molecule has 4 heteroatoms. The monoisotopic (exact) mass is 207 g/mol. The van der Waals surface area contributed by atoms with Gasteiger partial charge in [-0.05, 0) is 25.7 Å². The molecule has 1 aliphatic rings. The first-order valence-electron chi connectivity index (χ1n) is 5.47. The number of anilines is 1. The van der Waals surface area contributed by atoms with E-state index in [1.807, 2.05) is 0 Å². The van der Waals surface area contributed by atoms with Gasteiger partial charge in [-0.15, -0.1) is 0 Å². The van der Waals surface area contributed by atoms with Gasteiger partial charge < -0.3 is 10.1 Å². The number of nitrogens with zero attached hydrogens (tertiary/aromatic N) is 2. The van der Waals surface area contributed by atoms with Crippen molar-refractivity contribution in [2.24, 2.45) is 0 Å². The van der Waals surface area contributed by atoms with Gasteiger partial charge >= 0.3 is 0 Å². The molecule has 0 atom stereocenters. The van der Waals surface area contributed by atoms with Gasteiger partial charge in [0.15, 0.2) is 0 Å². The van der Waals surface area contributed by atoms with Gasteiger partial charge in [0.25, 0.3) is 0 Å². The van der Waals surface area contributed by atoms with E-state index in [2.05, 4.69) is 15.3 Å². The van der Waals surface area contributed by atoms with Gasteiger partial charge in [-0.3, -0.25) is 0 Å². The first-order chi connectivity index (χ1) is 7.42. The van der Waals surface area contributed by atoms with E-state index in [0.29, 0.717) is 6.61 Å². The highest BCUT2D eigenvalue weighted by Gasteiger charge is 2.14. The molecule has 0 fully saturated rings. The molecule has 1 N–H and O–H groups in total. The molecule has 15 heavy (non-hydrogen) atoms. The molecule has 0 radical (unpaired) electrons. The standard InChI is InChI=1S/C11H17N3O/c1-15-7-6-12-11-9-4-2-3-5-10(9)13-8-14-11/h8H,2-7H2,1H3,(H,12,13,14). The van der Waals surface area contributed by atoms with Crippen LogP contribution in [0.1, 0.15) is 24.1 Å². The van der Waals surface area contributed by atoms with Crippen LogP contribution in [-0.4, -0.2) is 30.2 Å². The second kappa shape index (κ2) is 5.07. The van der Waals surface area contributed by atoms with Gasteiger partial charge in [0, 0.05) is 24.9 Å². The van der Waals surface area contributed by atoms with Crippen LogP contribution in [0.3, 0.4) is 0 Å². The van der Waals surface area contributed by atoms with E-state index in [0.717, 1.165) is 25.2 Å². The molecule has 4 nitrogen and oxygen atoms in total. The molecular weight excluding hydrogens is 190 g/mol. The van der Waals surface area contributed by atoms with Crippen LogP contribution >= 0.6 is 0 Å². The van der Waals surface area contributed by atoms with E-state index < -0.39 is 0 Å². The summed E-state index contributed by atoms with van der Waals surface area (Å²) in [4.78, 5) is 8.61. The zero-order valence-corrected chi connectivity index (χ0v) is 9.12. The summed E-state index contributed by atoms with van der Waals surface area (Å²) in [5.41, 5.74) is 2.52. The van der Waals surface area contributed by atoms with Gasteiger partial charge in [-0.1, -0.05) is 0 Å². The predicted octanol–water partition coefficient (Wildman–Crippen LogP) is 1.41. The zero-order valence-electron chi connectivity index (χ0n) is 9.12. The minimum Gasteiger partial charge on any atom is -0.383 e. The summed E-state index contributed by atoms with van der Waals surface area (Å²) in [6, 6.07) is 0. The molecule has 0 aliphatic heterocycles. The van der Waals surface area contributed by atoms with Crippen molar-refractivity contribution in [1.82, 2.24) is 9.97 Å². The minimum absolute atomic E-state index is 0.707. The average Bonchev–Trinajstić information content (AvgIpc) is 2.30. The number of hydrogen-bond donors (Lipinski definition) is 1. The Bertz CT molecular complexity index is 328. The molecule has 1 aliphatic carbocycles. The lowest BCUT2D eigenvalue weighted by molar-refractivity contribution is 0.210. The van der Waals surface area contributed by atoms with Gasteiger partial charge in [0.2, 0.25) is 0 Å². The summed E-state index contributed by atoms with van der Waals surface area (Å²) in [6.07, 6.45) is 6.35. The maximum Gasteiger partial charge on any atom is 0.132 e. The first-order valence-corrected chi connectivity index (χ1v) is 5.47. The molecule has 0 spiro atoms. The molecule has 0 aromatic carbocycles. The number of methoxy groups -OCH3 is 1. The van der Waals surface area contributed by atoms with Crippen molar-refractivity contribution in [3.63, 3.8) is 0 Å². The molecular formula is C11H17N3O. The minimum atomic E-state index is 0.707. The SMILES string of the molecule is COCCNc1ncnc2c1CCCC2. The van der Waals surface area contributed by atoms with Crippen molar-refractivity contribution in [3.8, 4) is 0 Å². The van der Waals surface area contributed by atoms with Crippen LogP contribution in [0.25, 0.3) is 0 Å². The highest BCUT2D eigenvalue weighted by molar-refractivity contribution is 5.46. The van der Waals surface area contributed by atoms with Crippen molar-refractivity contribution < 1.29 is 4.74 Å². The van der Waals surface area contributed by atoms with Gasteiger partial charge in [0.1, 0.15) is 12.1 Å². The van der Waals surface area contributed by atoms with E-state index in [-0.39, 0.29) is 0 Å². The summed E-state index contributed by atoms with van der Waals surface area (Å²) in [5.74, 6) is 0.997. The van der Waals surface area contributed by atoms with Crippen molar-refractivity contribution in [2.75, 3.05) is 25.6 Å². The maximum absolute atomic E-state index is 5.00. The van der Waals surface area contributed by atoms with E-state index in [1.54, 1.807) is 13.4 Å². The lowest BCUT2D eigenvalue weighted by atomic mass is 9.96. The van der Waals surface area contributed by atoms with Crippen LogP contribution < -0.4 is 5.32 Å². The Hall–Kier alpha value is -1.16. The van der Waals surface area contributed by atoms with Crippen molar-refractivity contribution in [3.05, 3.63) is 17.6 Å². The van der Waals surface area contributed by atoms with Crippen LogP contribution in [0.15, 0.2) is 6.33 Å². The maximum atomic E-state index is 5.00. The van der Waals surface area contributed by atoms with E-state index in [1.165, 1.54) is 24.1 Å². The summed E-state index contributed by atoms with van der Waals surface area (Å²) in [5, 5.41) is 3.30. The Morgan fingerprint density at radius 1 is 1.33 bits per heavy atom. The Balaban J connectivity index is 2.09. The van der Waals surface area contributed by atoms with Gasteiger partial charge in [0.05, 0.1) is 6.61 Å². The number of nitrogens with one attached hydrogen (secondary N) is 1. The van der Waals surface area contributed by atoms with Crippen LogP contribution in [0.4, 0.5) is 5.82 Å². The molecule has 0 saturated carbocycles. The quantitative estimate of drug-likeness (QED) is 0.758. The summed E-state index contributed by atoms with van der Waals surface area (Å²) < 4.78 is 5.00. The van der Waals surface area contributed by atoms with Crippen molar-refractivity contribution in [1.29, 1.82) is 0 Å². The molecule has 1 aromatic rings. The Labute approximate surface area is 90.1 Å². The molecule has 1 heterocycles. The highest BCUT2D eigenvalue weighted by Crippen LogP contribution is 2.23. The van der Waals surface area contributed by atoms with Crippen molar-refractivity contribution in [2.45, 2.75) is 25.7 Å². The normalized spacial score (nSPS) is 14.7. The second-order valence-electron chi connectivity index (χ2n) is 3.77. The summed E-state index contributed by atoms with van der Waals surface area (Å²) in [6.45, 7) is 1.51. The molecule has 0 amide bonds. The number of rotatable bonds is 4. The zero-order chi connectivity index (χ0) is 10.5. The molecule has 1 aromatic heterocycles. The third-order valence-corrected chi connectivity index (χ3v) is 2.72. The van der Waals surface area contributed by atoms with Crippen LogP contribution in [0.5, 0.6) is 0 Å². The molecule has 0 saturated heterocycles. The number of fused-ring (bicyclic) bond motifs is 1. The average molecular weight is 207 g/mol. The summed E-state index contributed by atoms with van der Waals surface area (Å²) >= 11 is 0. The smallest absolute Gasteiger partial charge is 0.132 e. The van der Waals surface area contributed by atoms with Gasteiger partial charge in [-0.2, -0.15) is 0 Å². The Morgan fingerprint density at radius 2 is 2.20 bits per heavy atom. The second-order valence-corrected chi connectivity index (χ2v) is 3.77. The lowest BCUT2D eigenvalue weighted by Gasteiger charge is -2.17. The molecule has 0 unspecified atom stereocenters. The Morgan fingerprint density at radius 3 is 3.07 bits per heavy atom. The number of ether oxygens (including phenoxy) is 1. The molecule has 82 valence electrons. The van der Waals surface area contributed by atoms with Crippen LogP contribution in [0, 0.1) is 0 Å². The summed E-state index contributed by atoms with van der Waals surface area (Å²) in [7, 11) is 1.71. The third kappa shape index (κ3) is 2.45. The molecule has 0 bridgehead atoms. The largest absolute Gasteiger partial charge is 0.383 e. The third-order valence-electron chi connectivity index (χ3n) is 2.72. The predicted molar refractivity (Wildman–Crippen MR) is 59.0 cm³/mol. The lowest BCUT2D eigenvalue weighted by Crippen LogP contribution is -2.14. The fourth-order valence-corrected chi connectivity index (χ4v) is 1.94. The fraction of sp³-hybridized carbons (Fsp3) is 0.636. The Kier molecular flexibility index (Phi) is 3.50. The van der Waals surface area contributed by atoms with Crippen molar-refractivity contribution >= 4 is 5.82 Å². The van der Waals surface area contributed by atoms with Gasteiger partial charge in [-0.25, -0.2) is 9.97 Å². The fourth-order valence-electron chi connectivity index (χ4n) is 1.94. The topological polar surface area (TPSA) is 47.0 Å². The van der Waals surface area contributed by atoms with Crippen LogP contribution in [0.2, 0.25) is 0 Å². The number of aryl methyl sites for hydroxylation is 1. The van der Waals surface area contributed by atoms with E-state index >= 15 is 0 Å². The number of hydrogen-bond acceptors (Lipinski definition) is 4. The van der Waals surface area contributed by atoms with Crippen LogP contribution in [-0.2, 0) is 17.6 Å². The van der Waals surface area contributed by atoms with E-state index in [9.17, 15) is 0 Å².